The molecule has 1 heterocycles. The number of carbonyl (C=O) groups excluding carboxylic acids is 1. The Morgan fingerprint density at radius 1 is 1.19 bits per heavy atom. The number of hydrogen-bond acceptors (Lipinski definition) is 4. The van der Waals surface area contributed by atoms with Crippen LogP contribution in [0.15, 0.2) is 30.3 Å². The van der Waals surface area contributed by atoms with E-state index in [9.17, 15) is 4.79 Å². The van der Waals surface area contributed by atoms with Crippen molar-refractivity contribution < 1.29 is 4.79 Å². The predicted octanol–water partition coefficient (Wildman–Crippen LogP) is 2.60. The minimum Gasteiger partial charge on any atom is -0.369 e. The van der Waals surface area contributed by atoms with Crippen molar-refractivity contribution in [2.24, 2.45) is 28.4 Å². The van der Waals surface area contributed by atoms with Crippen molar-refractivity contribution in [3.05, 3.63) is 41.7 Å². The Hall–Kier alpha value is -2.24. The van der Waals surface area contributed by atoms with Gasteiger partial charge in [-0.1, -0.05) is 35.5 Å². The maximum absolute atomic E-state index is 12.4. The Balaban J connectivity index is 1.56. The molecule has 6 rings (SSSR count). The average Bonchev–Trinajstić information content (AvgIpc) is 3.13. The van der Waals surface area contributed by atoms with Crippen LogP contribution in [0.4, 0.5) is 0 Å². The second-order valence-corrected chi connectivity index (χ2v) is 8.98. The highest BCUT2D eigenvalue weighted by Gasteiger charge is 2.62. The third kappa shape index (κ3) is 2.38. The Labute approximate surface area is 152 Å². The van der Waals surface area contributed by atoms with E-state index >= 15 is 0 Å². The fraction of sp³-hybridized carbons (Fsp3) is 0.600. The lowest BCUT2D eigenvalue weighted by atomic mass is 9.41. The van der Waals surface area contributed by atoms with Crippen LogP contribution in [0.1, 0.15) is 55.8 Å². The summed E-state index contributed by atoms with van der Waals surface area (Å²) in [4.78, 5) is 12.4. The number of hydrogen-bond donors (Lipinski definition) is 2. The van der Waals surface area contributed by atoms with Crippen LogP contribution < -0.4 is 5.73 Å². The van der Waals surface area contributed by atoms with Crippen LogP contribution in [0.2, 0.25) is 0 Å². The van der Waals surface area contributed by atoms with Crippen molar-refractivity contribution in [1.82, 2.24) is 20.6 Å². The number of carbonyl (C=O) groups is 1. The van der Waals surface area contributed by atoms with E-state index in [1.807, 2.05) is 6.07 Å². The van der Waals surface area contributed by atoms with Crippen LogP contribution in [0.25, 0.3) is 0 Å². The summed E-state index contributed by atoms with van der Waals surface area (Å²) in [7, 11) is 0. The standard InChI is InChI=1S/C20H25N5O/c21-18(26)20-10-14-6-15(11-20)9-19(8-14,12-20)16(17-22-24-25-23-17)7-13-4-2-1-3-5-13/h1-5,14-16H,6-12H2,(H2,21,26)(H,22,23,24,25)/t14-,15?,16?,19?,20?/m1/s1. The van der Waals surface area contributed by atoms with Gasteiger partial charge >= 0.3 is 0 Å². The summed E-state index contributed by atoms with van der Waals surface area (Å²) in [5, 5.41) is 15.2. The molecule has 1 amide bonds. The maximum Gasteiger partial charge on any atom is 0.223 e. The second-order valence-electron chi connectivity index (χ2n) is 8.98. The topological polar surface area (TPSA) is 97.5 Å². The highest BCUT2D eigenvalue weighted by atomic mass is 16.1. The predicted molar refractivity (Wildman–Crippen MR) is 95.8 cm³/mol. The van der Waals surface area contributed by atoms with Crippen LogP contribution in [0, 0.1) is 22.7 Å². The van der Waals surface area contributed by atoms with Gasteiger partial charge in [-0.3, -0.25) is 4.79 Å². The molecular weight excluding hydrogens is 326 g/mol. The molecule has 3 N–H and O–H groups in total. The molecule has 4 fully saturated rings. The number of aromatic amines is 1. The summed E-state index contributed by atoms with van der Waals surface area (Å²) in [5.41, 5.74) is 6.95. The first-order chi connectivity index (χ1) is 12.6. The van der Waals surface area contributed by atoms with Crippen molar-refractivity contribution in [3.8, 4) is 0 Å². The van der Waals surface area contributed by atoms with Crippen LogP contribution in [0.5, 0.6) is 0 Å². The molecule has 0 radical (unpaired) electrons. The number of rotatable bonds is 5. The molecule has 26 heavy (non-hydrogen) atoms. The van der Waals surface area contributed by atoms with Gasteiger partial charge in [0.2, 0.25) is 5.91 Å². The minimum atomic E-state index is -0.317. The second kappa shape index (κ2) is 5.63. The van der Waals surface area contributed by atoms with E-state index in [1.54, 1.807) is 0 Å². The Morgan fingerprint density at radius 3 is 2.54 bits per heavy atom. The van der Waals surface area contributed by atoms with Gasteiger partial charge in [0, 0.05) is 5.92 Å². The van der Waals surface area contributed by atoms with Crippen molar-refractivity contribution >= 4 is 5.91 Å². The summed E-state index contributed by atoms with van der Waals surface area (Å²) < 4.78 is 0. The average molecular weight is 351 g/mol. The number of tetrazole rings is 1. The molecule has 136 valence electrons. The Kier molecular flexibility index (Phi) is 3.46. The molecule has 0 saturated heterocycles. The first-order valence-electron chi connectivity index (χ1n) is 9.66. The van der Waals surface area contributed by atoms with Gasteiger partial charge in [0.1, 0.15) is 0 Å². The molecular formula is C20H25N5O. The van der Waals surface area contributed by atoms with Gasteiger partial charge in [0.15, 0.2) is 5.82 Å². The number of nitrogens with zero attached hydrogens (tertiary/aromatic N) is 3. The minimum absolute atomic E-state index is 0.0544. The van der Waals surface area contributed by atoms with Crippen LogP contribution in [-0.2, 0) is 11.2 Å². The van der Waals surface area contributed by atoms with E-state index in [0.717, 1.165) is 44.3 Å². The highest BCUT2D eigenvalue weighted by Crippen LogP contribution is 2.68. The molecule has 2 aromatic rings. The zero-order valence-electron chi connectivity index (χ0n) is 14.9. The van der Waals surface area contributed by atoms with Gasteiger partial charge in [0.25, 0.3) is 0 Å². The van der Waals surface area contributed by atoms with Crippen molar-refractivity contribution in [2.45, 2.75) is 50.9 Å². The molecule has 6 nitrogen and oxygen atoms in total. The van der Waals surface area contributed by atoms with Crippen LogP contribution in [0.3, 0.4) is 0 Å². The van der Waals surface area contributed by atoms with Gasteiger partial charge in [-0.05, 0) is 67.8 Å². The fourth-order valence-electron chi connectivity index (χ4n) is 6.78. The lowest BCUT2D eigenvalue weighted by Crippen LogP contribution is -2.58. The molecule has 4 bridgehead atoms. The zero-order chi connectivity index (χ0) is 17.8. The Bertz CT molecular complexity index is 789. The van der Waals surface area contributed by atoms with Crippen molar-refractivity contribution in [3.63, 3.8) is 0 Å². The molecule has 5 atom stereocenters. The number of nitrogens with two attached hydrogens (primary N) is 1. The first-order valence-corrected chi connectivity index (χ1v) is 9.66. The smallest absolute Gasteiger partial charge is 0.223 e. The molecule has 6 heteroatoms. The molecule has 4 saturated carbocycles. The van der Waals surface area contributed by atoms with Gasteiger partial charge in [-0.25, -0.2) is 0 Å². The largest absolute Gasteiger partial charge is 0.369 e. The maximum atomic E-state index is 12.4. The zero-order valence-corrected chi connectivity index (χ0v) is 14.9. The molecule has 1 aromatic carbocycles. The lowest BCUT2D eigenvalue weighted by molar-refractivity contribution is -0.158. The SMILES string of the molecule is NC(=O)C12CC3C[C@@H](C1)CC(C(Cc1ccccc1)c1nn[nH]n1)(C3)C2. The molecule has 0 aliphatic heterocycles. The number of aromatic nitrogens is 4. The lowest BCUT2D eigenvalue weighted by Gasteiger charge is -2.62. The molecule has 4 aliphatic rings. The number of amides is 1. The Morgan fingerprint density at radius 2 is 1.92 bits per heavy atom. The number of H-pyrrole nitrogens is 1. The summed E-state index contributed by atoms with van der Waals surface area (Å²) in [6.07, 6.45) is 7.29. The number of nitrogens with one attached hydrogen (secondary N) is 1. The van der Waals surface area contributed by atoms with E-state index in [1.165, 1.54) is 12.0 Å². The number of benzene rings is 1. The first kappa shape index (κ1) is 16.0. The van der Waals surface area contributed by atoms with Gasteiger partial charge in [-0.2, -0.15) is 5.21 Å². The van der Waals surface area contributed by atoms with Crippen molar-refractivity contribution in [1.29, 1.82) is 0 Å². The van der Waals surface area contributed by atoms with E-state index in [0.29, 0.717) is 11.8 Å². The van der Waals surface area contributed by atoms with Gasteiger partial charge in [0.05, 0.1) is 5.41 Å². The van der Waals surface area contributed by atoms with Gasteiger partial charge in [-0.15, -0.1) is 10.2 Å². The normalized spacial score (nSPS) is 36.2. The number of primary amides is 1. The van der Waals surface area contributed by atoms with E-state index in [4.69, 9.17) is 5.73 Å². The molecule has 1 aromatic heterocycles. The highest BCUT2D eigenvalue weighted by molar-refractivity contribution is 5.81. The summed E-state index contributed by atoms with van der Waals surface area (Å²) >= 11 is 0. The third-order valence-corrected chi connectivity index (χ3v) is 7.32. The molecule has 4 unspecified atom stereocenters. The van der Waals surface area contributed by atoms with Crippen LogP contribution >= 0.6 is 0 Å². The quantitative estimate of drug-likeness (QED) is 0.865. The third-order valence-electron chi connectivity index (χ3n) is 7.32. The summed E-state index contributed by atoms with van der Waals surface area (Å²) in [6, 6.07) is 10.5. The molecule has 4 aliphatic carbocycles. The summed E-state index contributed by atoms with van der Waals surface area (Å²) in [5.74, 6) is 2.08. The van der Waals surface area contributed by atoms with Crippen molar-refractivity contribution in [2.75, 3.05) is 0 Å². The van der Waals surface area contributed by atoms with E-state index in [2.05, 4.69) is 44.9 Å². The summed E-state index contributed by atoms with van der Waals surface area (Å²) in [6.45, 7) is 0. The van der Waals surface area contributed by atoms with E-state index in [-0.39, 0.29) is 22.7 Å². The monoisotopic (exact) mass is 351 g/mol. The molecule has 0 spiro atoms. The van der Waals surface area contributed by atoms with E-state index < -0.39 is 0 Å². The fourth-order valence-corrected chi connectivity index (χ4v) is 6.78. The van der Waals surface area contributed by atoms with Gasteiger partial charge < -0.3 is 5.73 Å². The van der Waals surface area contributed by atoms with Crippen LogP contribution in [-0.4, -0.2) is 26.5 Å².